The molecular formula is C17H23N3O3. The lowest BCUT2D eigenvalue weighted by atomic mass is 9.86. The van der Waals surface area contributed by atoms with Gasteiger partial charge in [0.15, 0.2) is 5.69 Å². The Balaban J connectivity index is 1.51. The molecule has 2 heterocycles. The number of hydrogen-bond donors (Lipinski definition) is 0. The van der Waals surface area contributed by atoms with E-state index in [-0.39, 0.29) is 11.7 Å². The molecule has 0 spiro atoms. The molecular weight excluding hydrogens is 294 g/mol. The fourth-order valence-electron chi connectivity index (χ4n) is 2.98. The third-order valence-corrected chi connectivity index (χ3v) is 4.59. The summed E-state index contributed by atoms with van der Waals surface area (Å²) in [5, 5.41) is 7.92. The summed E-state index contributed by atoms with van der Waals surface area (Å²) in [5.74, 6) is 0.140. The molecule has 1 aromatic heterocycles. The van der Waals surface area contributed by atoms with Crippen molar-refractivity contribution in [3.8, 4) is 0 Å². The molecule has 1 aromatic rings. The van der Waals surface area contributed by atoms with Crippen LogP contribution in [0.2, 0.25) is 0 Å². The number of aromatic nitrogens is 3. The van der Waals surface area contributed by atoms with E-state index in [1.165, 1.54) is 11.1 Å². The normalized spacial score (nSPS) is 24.3. The molecule has 1 aliphatic heterocycles. The third kappa shape index (κ3) is 3.88. The topological polar surface area (TPSA) is 66.2 Å². The molecule has 0 bridgehead atoms. The molecule has 0 unspecified atom stereocenters. The Bertz CT molecular complexity index is 614. The molecule has 1 saturated heterocycles. The Morgan fingerprint density at radius 1 is 1.52 bits per heavy atom. The first-order valence-electron chi connectivity index (χ1n) is 8.13. The zero-order valence-corrected chi connectivity index (χ0v) is 13.5. The van der Waals surface area contributed by atoms with Crippen molar-refractivity contribution in [2.24, 2.45) is 5.92 Å². The predicted molar refractivity (Wildman–Crippen MR) is 85.0 cm³/mol. The molecule has 0 radical (unpaired) electrons. The lowest BCUT2D eigenvalue weighted by molar-refractivity contribution is 0.0528. The number of carbonyl (C=O) groups is 1. The largest absolute Gasteiger partial charge is 0.456 e. The minimum atomic E-state index is -0.418. The number of esters is 1. The van der Waals surface area contributed by atoms with Crippen LogP contribution in [0.25, 0.3) is 0 Å². The van der Waals surface area contributed by atoms with Crippen LogP contribution in [0.15, 0.2) is 30.0 Å². The summed E-state index contributed by atoms with van der Waals surface area (Å²) in [4.78, 5) is 12.1. The molecule has 23 heavy (non-hydrogen) atoms. The molecule has 3 rings (SSSR count). The van der Waals surface area contributed by atoms with Gasteiger partial charge in [-0.2, -0.15) is 0 Å². The van der Waals surface area contributed by atoms with Gasteiger partial charge in [0, 0.05) is 6.61 Å². The number of allylic oxidation sites excluding steroid dienone is 2. The van der Waals surface area contributed by atoms with Crippen LogP contribution in [0.5, 0.6) is 0 Å². The first-order valence-corrected chi connectivity index (χ1v) is 8.13. The maximum atomic E-state index is 12.1. The van der Waals surface area contributed by atoms with Crippen molar-refractivity contribution in [2.45, 2.75) is 38.6 Å². The van der Waals surface area contributed by atoms with E-state index in [9.17, 15) is 4.79 Å². The average molecular weight is 317 g/mol. The van der Waals surface area contributed by atoms with Crippen LogP contribution < -0.4 is 0 Å². The third-order valence-electron chi connectivity index (χ3n) is 4.59. The van der Waals surface area contributed by atoms with E-state index in [0.717, 1.165) is 32.3 Å². The SMILES string of the molecule is C=C(C)[C@H]1CC=C(COC(=O)c2cn([C@H]3CCOC3)nn2)CC1. The maximum absolute atomic E-state index is 12.1. The Kier molecular flexibility index (Phi) is 4.91. The highest BCUT2D eigenvalue weighted by Gasteiger charge is 2.22. The van der Waals surface area contributed by atoms with Crippen molar-refractivity contribution in [1.82, 2.24) is 15.0 Å². The van der Waals surface area contributed by atoms with Crippen LogP contribution >= 0.6 is 0 Å². The minimum absolute atomic E-state index is 0.171. The molecule has 2 atom stereocenters. The highest BCUT2D eigenvalue weighted by Crippen LogP contribution is 2.28. The van der Waals surface area contributed by atoms with Gasteiger partial charge in [-0.15, -0.1) is 5.10 Å². The van der Waals surface area contributed by atoms with Gasteiger partial charge in [0.25, 0.3) is 0 Å². The van der Waals surface area contributed by atoms with Gasteiger partial charge >= 0.3 is 5.97 Å². The summed E-state index contributed by atoms with van der Waals surface area (Å²) < 4.78 is 12.4. The quantitative estimate of drug-likeness (QED) is 0.617. The van der Waals surface area contributed by atoms with Crippen LogP contribution in [0.4, 0.5) is 0 Å². The van der Waals surface area contributed by atoms with Crippen molar-refractivity contribution >= 4 is 5.97 Å². The predicted octanol–water partition coefficient (Wildman–Crippen LogP) is 2.70. The number of ether oxygens (including phenoxy) is 2. The number of rotatable bonds is 5. The second-order valence-electron chi connectivity index (χ2n) is 6.36. The molecule has 6 nitrogen and oxygen atoms in total. The van der Waals surface area contributed by atoms with E-state index >= 15 is 0 Å². The fraction of sp³-hybridized carbons (Fsp3) is 0.588. The van der Waals surface area contributed by atoms with Crippen LogP contribution in [0.3, 0.4) is 0 Å². The second-order valence-corrected chi connectivity index (χ2v) is 6.36. The summed E-state index contributed by atoms with van der Waals surface area (Å²) >= 11 is 0. The van der Waals surface area contributed by atoms with E-state index in [1.807, 2.05) is 0 Å². The average Bonchev–Trinajstić information content (AvgIpc) is 3.23. The summed E-state index contributed by atoms with van der Waals surface area (Å²) in [6.07, 6.45) is 7.74. The van der Waals surface area contributed by atoms with Crippen LogP contribution in [0.1, 0.15) is 49.1 Å². The van der Waals surface area contributed by atoms with E-state index in [0.29, 0.717) is 19.1 Å². The van der Waals surface area contributed by atoms with Gasteiger partial charge in [-0.3, -0.25) is 0 Å². The first kappa shape index (κ1) is 15.9. The van der Waals surface area contributed by atoms with E-state index in [2.05, 4.69) is 29.9 Å². The van der Waals surface area contributed by atoms with Crippen molar-refractivity contribution in [1.29, 1.82) is 0 Å². The molecule has 1 fully saturated rings. The van der Waals surface area contributed by atoms with Gasteiger partial charge in [0.1, 0.15) is 6.61 Å². The first-order chi connectivity index (χ1) is 11.1. The van der Waals surface area contributed by atoms with Crippen molar-refractivity contribution in [3.05, 3.63) is 35.7 Å². The fourth-order valence-corrected chi connectivity index (χ4v) is 2.98. The number of nitrogens with zero attached hydrogens (tertiary/aromatic N) is 3. The Hall–Kier alpha value is -1.95. The molecule has 1 aliphatic carbocycles. The molecule has 0 amide bonds. The van der Waals surface area contributed by atoms with E-state index < -0.39 is 5.97 Å². The van der Waals surface area contributed by atoms with Crippen molar-refractivity contribution in [2.75, 3.05) is 19.8 Å². The molecule has 124 valence electrons. The smallest absolute Gasteiger partial charge is 0.360 e. The molecule has 0 N–H and O–H groups in total. The minimum Gasteiger partial charge on any atom is -0.456 e. The summed E-state index contributed by atoms with van der Waals surface area (Å²) in [7, 11) is 0. The summed E-state index contributed by atoms with van der Waals surface area (Å²) in [6, 6.07) is 0.171. The van der Waals surface area contributed by atoms with Gasteiger partial charge in [0.05, 0.1) is 18.8 Å². The Morgan fingerprint density at radius 3 is 3.04 bits per heavy atom. The summed E-state index contributed by atoms with van der Waals surface area (Å²) in [5.41, 5.74) is 2.66. The zero-order chi connectivity index (χ0) is 16.2. The van der Waals surface area contributed by atoms with E-state index in [4.69, 9.17) is 9.47 Å². The van der Waals surface area contributed by atoms with Gasteiger partial charge in [-0.05, 0) is 44.1 Å². The molecule has 2 aliphatic rings. The number of carbonyl (C=O) groups excluding carboxylic acids is 1. The highest BCUT2D eigenvalue weighted by molar-refractivity contribution is 5.86. The Morgan fingerprint density at radius 2 is 2.39 bits per heavy atom. The van der Waals surface area contributed by atoms with Gasteiger partial charge in [-0.1, -0.05) is 23.4 Å². The molecule has 6 heteroatoms. The van der Waals surface area contributed by atoms with Gasteiger partial charge < -0.3 is 9.47 Å². The number of hydrogen-bond acceptors (Lipinski definition) is 5. The standard InChI is InChI=1S/C17H23N3O3/c1-12(2)14-5-3-13(4-6-14)10-23-17(21)16-9-20(19-18-16)15-7-8-22-11-15/h3,9,14-15H,1,4-8,10-11H2,2H3/t14-,15-/m0/s1. The molecule has 0 saturated carbocycles. The van der Waals surface area contributed by atoms with Crippen molar-refractivity contribution in [3.63, 3.8) is 0 Å². The highest BCUT2D eigenvalue weighted by atomic mass is 16.5. The monoisotopic (exact) mass is 317 g/mol. The van der Waals surface area contributed by atoms with Gasteiger partial charge in [-0.25, -0.2) is 9.48 Å². The molecule has 0 aromatic carbocycles. The lowest BCUT2D eigenvalue weighted by Crippen LogP contribution is -2.13. The van der Waals surface area contributed by atoms with E-state index in [1.54, 1.807) is 10.9 Å². The van der Waals surface area contributed by atoms with Gasteiger partial charge in [0.2, 0.25) is 0 Å². The van der Waals surface area contributed by atoms with Crippen LogP contribution in [-0.2, 0) is 9.47 Å². The van der Waals surface area contributed by atoms with Crippen molar-refractivity contribution < 1.29 is 14.3 Å². The van der Waals surface area contributed by atoms with Crippen LogP contribution in [-0.4, -0.2) is 40.8 Å². The zero-order valence-electron chi connectivity index (χ0n) is 13.5. The lowest BCUT2D eigenvalue weighted by Gasteiger charge is -2.21. The summed E-state index contributed by atoms with van der Waals surface area (Å²) in [6.45, 7) is 7.76. The Labute approximate surface area is 136 Å². The maximum Gasteiger partial charge on any atom is 0.360 e. The second kappa shape index (κ2) is 7.08. The van der Waals surface area contributed by atoms with Crippen LogP contribution in [0, 0.1) is 5.92 Å².